The molecule has 0 aliphatic heterocycles. The summed E-state index contributed by atoms with van der Waals surface area (Å²) in [6, 6.07) is 0. The van der Waals surface area contributed by atoms with E-state index in [-0.39, 0.29) is 0 Å². The first kappa shape index (κ1) is 8.93. The molecule has 0 spiro atoms. The first-order chi connectivity index (χ1) is 5.86. The molecule has 4 nitrogen and oxygen atoms in total. The van der Waals surface area contributed by atoms with Gasteiger partial charge in [0.2, 0.25) is 5.88 Å². The summed E-state index contributed by atoms with van der Waals surface area (Å²) < 4.78 is 5.19. The predicted octanol–water partition coefficient (Wildman–Crippen LogP) is 0.595. The molecule has 0 saturated carbocycles. The van der Waals surface area contributed by atoms with Crippen molar-refractivity contribution in [1.82, 2.24) is 15.3 Å². The second kappa shape index (κ2) is 4.66. The van der Waals surface area contributed by atoms with E-state index >= 15 is 0 Å². The number of nitrogens with one attached hydrogen (secondary N) is 1. The van der Waals surface area contributed by atoms with Crippen LogP contribution < -0.4 is 10.1 Å². The zero-order chi connectivity index (χ0) is 8.81. The van der Waals surface area contributed by atoms with E-state index < -0.39 is 0 Å². The van der Waals surface area contributed by atoms with Crippen LogP contribution in [0.15, 0.2) is 12.4 Å². The average Bonchev–Trinajstić information content (AvgIpc) is 2.06. The zero-order valence-electron chi connectivity index (χ0n) is 7.37. The highest BCUT2D eigenvalue weighted by Crippen LogP contribution is 2.03. The lowest BCUT2D eigenvalue weighted by molar-refractivity contribution is 0.324. The molecule has 0 fully saturated rings. The lowest BCUT2D eigenvalue weighted by Gasteiger charge is -2.02. The van der Waals surface area contributed by atoms with Crippen molar-refractivity contribution in [3.8, 4) is 5.88 Å². The number of ether oxygens (including phenoxy) is 1. The van der Waals surface area contributed by atoms with Gasteiger partial charge in [-0.05, 0) is 14.0 Å². The molecule has 0 radical (unpaired) electrons. The normalized spacial score (nSPS) is 9.83. The lowest BCUT2D eigenvalue weighted by atomic mass is 10.4. The summed E-state index contributed by atoms with van der Waals surface area (Å²) in [5, 5.41) is 3.00. The van der Waals surface area contributed by atoms with Gasteiger partial charge in [0, 0.05) is 12.7 Å². The predicted molar refractivity (Wildman–Crippen MR) is 46.0 cm³/mol. The Kier molecular flexibility index (Phi) is 3.47. The molecule has 4 heteroatoms. The molecule has 12 heavy (non-hydrogen) atoms. The van der Waals surface area contributed by atoms with Crippen molar-refractivity contribution in [2.45, 2.75) is 13.5 Å². The van der Waals surface area contributed by atoms with Crippen molar-refractivity contribution < 1.29 is 4.74 Å². The average molecular weight is 167 g/mol. The van der Waals surface area contributed by atoms with Crippen LogP contribution in [0.3, 0.4) is 0 Å². The van der Waals surface area contributed by atoms with Crippen molar-refractivity contribution in [2.24, 2.45) is 0 Å². The van der Waals surface area contributed by atoms with Gasteiger partial charge in [0.15, 0.2) is 0 Å². The van der Waals surface area contributed by atoms with Crippen molar-refractivity contribution in [3.63, 3.8) is 0 Å². The molecule has 66 valence electrons. The molecule has 0 atom stereocenters. The Hall–Kier alpha value is -1.16. The standard InChI is InChI=1S/C8H13N3O/c1-3-12-8-6-10-5-7(11-8)4-9-2/h5-6,9H,3-4H2,1-2H3. The highest BCUT2D eigenvalue weighted by Gasteiger charge is 1.96. The summed E-state index contributed by atoms with van der Waals surface area (Å²) in [5.41, 5.74) is 0.892. The number of aromatic nitrogens is 2. The van der Waals surface area contributed by atoms with Crippen molar-refractivity contribution in [1.29, 1.82) is 0 Å². The monoisotopic (exact) mass is 167 g/mol. The summed E-state index contributed by atoms with van der Waals surface area (Å²) in [6.45, 7) is 3.26. The van der Waals surface area contributed by atoms with E-state index in [9.17, 15) is 0 Å². The summed E-state index contributed by atoms with van der Waals surface area (Å²) in [6.07, 6.45) is 3.34. The van der Waals surface area contributed by atoms with E-state index in [1.54, 1.807) is 12.4 Å². The van der Waals surface area contributed by atoms with Crippen molar-refractivity contribution in [2.75, 3.05) is 13.7 Å². The van der Waals surface area contributed by atoms with E-state index in [4.69, 9.17) is 4.74 Å². The van der Waals surface area contributed by atoms with Crippen LogP contribution in [0.2, 0.25) is 0 Å². The van der Waals surface area contributed by atoms with Gasteiger partial charge in [0.1, 0.15) is 0 Å². The summed E-state index contributed by atoms with van der Waals surface area (Å²) in [4.78, 5) is 8.20. The molecule has 0 bridgehead atoms. The molecule has 0 saturated heterocycles. The molecule has 1 heterocycles. The first-order valence-corrected chi connectivity index (χ1v) is 3.95. The quantitative estimate of drug-likeness (QED) is 0.713. The van der Waals surface area contributed by atoms with Gasteiger partial charge in [-0.1, -0.05) is 0 Å². The minimum absolute atomic E-state index is 0.588. The SMILES string of the molecule is CCOc1cncc(CNC)n1. The number of nitrogens with zero attached hydrogens (tertiary/aromatic N) is 2. The zero-order valence-corrected chi connectivity index (χ0v) is 7.37. The maximum Gasteiger partial charge on any atom is 0.232 e. The fourth-order valence-corrected chi connectivity index (χ4v) is 0.870. The van der Waals surface area contributed by atoms with E-state index in [0.29, 0.717) is 19.0 Å². The van der Waals surface area contributed by atoms with E-state index in [0.717, 1.165) is 5.69 Å². The van der Waals surface area contributed by atoms with Gasteiger partial charge in [-0.15, -0.1) is 0 Å². The van der Waals surface area contributed by atoms with Crippen LogP contribution in [0.4, 0.5) is 0 Å². The topological polar surface area (TPSA) is 47.0 Å². The lowest BCUT2D eigenvalue weighted by Crippen LogP contribution is -2.08. The summed E-state index contributed by atoms with van der Waals surface area (Å²) >= 11 is 0. The van der Waals surface area contributed by atoms with Gasteiger partial charge < -0.3 is 10.1 Å². The van der Waals surface area contributed by atoms with E-state index in [2.05, 4.69) is 15.3 Å². The molecular weight excluding hydrogens is 154 g/mol. The molecule has 0 aromatic carbocycles. The van der Waals surface area contributed by atoms with Gasteiger partial charge in [0.05, 0.1) is 18.5 Å². The van der Waals surface area contributed by atoms with Crippen LogP contribution in [0.1, 0.15) is 12.6 Å². The largest absolute Gasteiger partial charge is 0.477 e. The Morgan fingerprint density at radius 3 is 3.00 bits per heavy atom. The third-order valence-corrected chi connectivity index (χ3v) is 1.31. The van der Waals surface area contributed by atoms with Gasteiger partial charge in [0.25, 0.3) is 0 Å². The number of rotatable bonds is 4. The third kappa shape index (κ3) is 2.47. The van der Waals surface area contributed by atoms with Crippen LogP contribution in [0.5, 0.6) is 5.88 Å². The maximum atomic E-state index is 5.19. The molecule has 1 N–H and O–H groups in total. The van der Waals surface area contributed by atoms with Crippen LogP contribution in [0.25, 0.3) is 0 Å². The van der Waals surface area contributed by atoms with Crippen LogP contribution in [0, 0.1) is 0 Å². The molecule has 0 aliphatic carbocycles. The molecule has 0 amide bonds. The highest BCUT2D eigenvalue weighted by molar-refractivity contribution is 5.07. The Balaban J connectivity index is 2.67. The fourth-order valence-electron chi connectivity index (χ4n) is 0.870. The molecule has 1 aromatic rings. The molecule has 1 aromatic heterocycles. The van der Waals surface area contributed by atoms with Gasteiger partial charge in [-0.25, -0.2) is 4.98 Å². The van der Waals surface area contributed by atoms with Gasteiger partial charge >= 0.3 is 0 Å². The fraction of sp³-hybridized carbons (Fsp3) is 0.500. The minimum Gasteiger partial charge on any atom is -0.477 e. The van der Waals surface area contributed by atoms with Gasteiger partial charge in [-0.3, -0.25) is 4.98 Å². The first-order valence-electron chi connectivity index (χ1n) is 3.95. The van der Waals surface area contributed by atoms with Crippen molar-refractivity contribution >= 4 is 0 Å². The summed E-state index contributed by atoms with van der Waals surface area (Å²) in [5.74, 6) is 0.588. The second-order valence-corrected chi connectivity index (χ2v) is 2.31. The Labute approximate surface area is 72.0 Å². The molecule has 0 unspecified atom stereocenters. The maximum absolute atomic E-state index is 5.19. The Morgan fingerprint density at radius 1 is 1.50 bits per heavy atom. The van der Waals surface area contributed by atoms with Crippen LogP contribution in [-0.2, 0) is 6.54 Å². The Morgan fingerprint density at radius 2 is 2.33 bits per heavy atom. The van der Waals surface area contributed by atoms with E-state index in [1.807, 2.05) is 14.0 Å². The van der Waals surface area contributed by atoms with Crippen molar-refractivity contribution in [3.05, 3.63) is 18.1 Å². The smallest absolute Gasteiger partial charge is 0.232 e. The van der Waals surface area contributed by atoms with Crippen LogP contribution >= 0.6 is 0 Å². The number of hydrogen-bond acceptors (Lipinski definition) is 4. The highest BCUT2D eigenvalue weighted by atomic mass is 16.5. The minimum atomic E-state index is 0.588. The second-order valence-electron chi connectivity index (χ2n) is 2.31. The molecular formula is C8H13N3O. The third-order valence-electron chi connectivity index (χ3n) is 1.31. The molecule has 0 aliphatic rings. The molecule has 1 rings (SSSR count). The summed E-state index contributed by atoms with van der Waals surface area (Å²) in [7, 11) is 1.87. The van der Waals surface area contributed by atoms with Crippen LogP contribution in [-0.4, -0.2) is 23.6 Å². The Bertz CT molecular complexity index is 218. The van der Waals surface area contributed by atoms with Gasteiger partial charge in [-0.2, -0.15) is 0 Å². The number of hydrogen-bond donors (Lipinski definition) is 1. The van der Waals surface area contributed by atoms with E-state index in [1.165, 1.54) is 0 Å².